The SMILES string of the molecule is Cc1ccc(NC(=O)[C@@H]2[C@@H](C(=O)[O-])[C@@H]3C=C[C@H]2O3)cc1[N+](=O)[O-]. The molecule has 1 aromatic carbocycles. The highest BCUT2D eigenvalue weighted by atomic mass is 16.6. The molecule has 2 aliphatic heterocycles. The Labute approximate surface area is 130 Å². The Hall–Kier alpha value is -2.74. The number of hydrogen-bond donors (Lipinski definition) is 1. The van der Waals surface area contributed by atoms with E-state index in [9.17, 15) is 24.8 Å². The number of carbonyl (C=O) groups is 2. The molecular formula is C15H13N2O6-. The van der Waals surface area contributed by atoms with Gasteiger partial charge in [-0.25, -0.2) is 0 Å². The van der Waals surface area contributed by atoms with Gasteiger partial charge < -0.3 is 20.0 Å². The van der Waals surface area contributed by atoms with Crippen molar-refractivity contribution in [2.45, 2.75) is 19.1 Å². The molecule has 120 valence electrons. The predicted molar refractivity (Wildman–Crippen MR) is 76.3 cm³/mol. The van der Waals surface area contributed by atoms with Crippen molar-refractivity contribution in [1.29, 1.82) is 0 Å². The number of nitrogens with zero attached hydrogens (tertiary/aromatic N) is 1. The average Bonchev–Trinajstić information content (AvgIpc) is 3.09. The van der Waals surface area contributed by atoms with Crippen LogP contribution in [0.4, 0.5) is 11.4 Å². The lowest BCUT2D eigenvalue weighted by molar-refractivity contribution is -0.385. The van der Waals surface area contributed by atoms with Gasteiger partial charge in [-0.1, -0.05) is 18.2 Å². The van der Waals surface area contributed by atoms with Crippen molar-refractivity contribution in [3.8, 4) is 0 Å². The molecule has 1 saturated heterocycles. The van der Waals surface area contributed by atoms with Crippen LogP contribution in [0, 0.1) is 28.9 Å². The summed E-state index contributed by atoms with van der Waals surface area (Å²) in [7, 11) is 0. The third-order valence-electron chi connectivity index (χ3n) is 4.15. The van der Waals surface area contributed by atoms with Gasteiger partial charge in [-0.2, -0.15) is 0 Å². The summed E-state index contributed by atoms with van der Waals surface area (Å²) in [4.78, 5) is 34.0. The highest BCUT2D eigenvalue weighted by Gasteiger charge is 2.50. The van der Waals surface area contributed by atoms with E-state index in [-0.39, 0.29) is 11.4 Å². The molecule has 1 amide bonds. The zero-order valence-electron chi connectivity index (χ0n) is 12.1. The molecule has 2 aliphatic rings. The lowest BCUT2D eigenvalue weighted by Gasteiger charge is -2.24. The highest BCUT2D eigenvalue weighted by Crippen LogP contribution is 2.39. The minimum atomic E-state index is -1.35. The molecule has 0 aliphatic carbocycles. The third-order valence-corrected chi connectivity index (χ3v) is 4.15. The molecule has 0 aromatic heterocycles. The third kappa shape index (κ3) is 2.57. The van der Waals surface area contributed by atoms with Gasteiger partial charge in [-0.05, 0) is 13.0 Å². The summed E-state index contributed by atoms with van der Waals surface area (Å²) in [5.41, 5.74) is 0.575. The van der Waals surface area contributed by atoms with Gasteiger partial charge in [0.05, 0.1) is 23.0 Å². The number of carboxylic acids is 1. The number of amides is 1. The lowest BCUT2D eigenvalue weighted by Crippen LogP contribution is -2.45. The second-order valence-corrected chi connectivity index (χ2v) is 5.57. The Balaban J connectivity index is 1.82. The molecule has 1 N–H and O–H groups in total. The summed E-state index contributed by atoms with van der Waals surface area (Å²) < 4.78 is 5.40. The normalized spacial score (nSPS) is 27.9. The average molecular weight is 317 g/mol. The fraction of sp³-hybridized carbons (Fsp3) is 0.333. The second-order valence-electron chi connectivity index (χ2n) is 5.57. The Bertz CT molecular complexity index is 729. The number of carboxylic acid groups (broad SMARTS) is 1. The van der Waals surface area contributed by atoms with Crippen LogP contribution in [0.3, 0.4) is 0 Å². The molecule has 8 heteroatoms. The van der Waals surface area contributed by atoms with Crippen LogP contribution in [0.2, 0.25) is 0 Å². The van der Waals surface area contributed by atoms with Crippen molar-refractivity contribution < 1.29 is 24.4 Å². The number of fused-ring (bicyclic) bond motifs is 2. The van der Waals surface area contributed by atoms with Crippen LogP contribution in [0.25, 0.3) is 0 Å². The molecule has 23 heavy (non-hydrogen) atoms. The van der Waals surface area contributed by atoms with Crippen LogP contribution in [0.5, 0.6) is 0 Å². The van der Waals surface area contributed by atoms with Crippen LogP contribution in [-0.2, 0) is 14.3 Å². The Kier molecular flexibility index (Phi) is 3.61. The van der Waals surface area contributed by atoms with E-state index in [1.54, 1.807) is 19.1 Å². The van der Waals surface area contributed by atoms with Crippen molar-refractivity contribution >= 4 is 23.3 Å². The van der Waals surface area contributed by atoms with Crippen molar-refractivity contribution in [3.05, 3.63) is 46.0 Å². The van der Waals surface area contributed by atoms with Crippen LogP contribution >= 0.6 is 0 Å². The molecule has 1 aromatic rings. The number of hydrogen-bond acceptors (Lipinski definition) is 6. The largest absolute Gasteiger partial charge is 0.550 e. The molecule has 2 heterocycles. The Morgan fingerprint density at radius 3 is 2.48 bits per heavy atom. The van der Waals surface area contributed by atoms with Gasteiger partial charge in [0, 0.05) is 29.2 Å². The lowest BCUT2D eigenvalue weighted by atomic mass is 9.82. The maximum Gasteiger partial charge on any atom is 0.274 e. The number of nitro benzene ring substituents is 1. The molecule has 0 radical (unpaired) electrons. The van der Waals surface area contributed by atoms with Gasteiger partial charge in [0.2, 0.25) is 5.91 Å². The van der Waals surface area contributed by atoms with Gasteiger partial charge in [-0.3, -0.25) is 14.9 Å². The fourth-order valence-electron chi connectivity index (χ4n) is 3.01. The molecule has 3 rings (SSSR count). The zero-order chi connectivity index (χ0) is 16.7. The topological polar surface area (TPSA) is 122 Å². The number of rotatable bonds is 4. The number of aryl methyl sites for hydroxylation is 1. The first kappa shape index (κ1) is 15.2. The minimum Gasteiger partial charge on any atom is -0.550 e. The number of ether oxygens (including phenoxy) is 1. The van der Waals surface area contributed by atoms with E-state index in [1.165, 1.54) is 18.2 Å². The van der Waals surface area contributed by atoms with Crippen molar-refractivity contribution in [2.75, 3.05) is 5.32 Å². The number of carbonyl (C=O) groups excluding carboxylic acids is 2. The number of nitrogens with one attached hydrogen (secondary N) is 1. The Morgan fingerprint density at radius 2 is 1.87 bits per heavy atom. The zero-order valence-corrected chi connectivity index (χ0v) is 12.1. The first-order valence-electron chi connectivity index (χ1n) is 6.99. The van der Waals surface area contributed by atoms with E-state index in [4.69, 9.17) is 4.74 Å². The molecule has 1 fully saturated rings. The summed E-state index contributed by atoms with van der Waals surface area (Å²) >= 11 is 0. The summed E-state index contributed by atoms with van der Waals surface area (Å²) in [6.45, 7) is 1.59. The molecule has 0 saturated carbocycles. The number of benzene rings is 1. The summed E-state index contributed by atoms with van der Waals surface area (Å²) in [6.07, 6.45) is 1.95. The fourth-order valence-corrected chi connectivity index (χ4v) is 3.01. The minimum absolute atomic E-state index is 0.122. The van der Waals surface area contributed by atoms with Gasteiger partial charge in [0.15, 0.2) is 0 Å². The Morgan fingerprint density at radius 1 is 1.22 bits per heavy atom. The smallest absolute Gasteiger partial charge is 0.274 e. The molecule has 0 spiro atoms. The monoisotopic (exact) mass is 317 g/mol. The molecule has 8 nitrogen and oxygen atoms in total. The molecular weight excluding hydrogens is 304 g/mol. The van der Waals surface area contributed by atoms with E-state index in [2.05, 4.69) is 5.32 Å². The number of nitro groups is 1. The van der Waals surface area contributed by atoms with E-state index in [0.29, 0.717) is 5.56 Å². The predicted octanol–water partition coefficient (Wildman–Crippen LogP) is 0.161. The van der Waals surface area contributed by atoms with E-state index in [1.807, 2.05) is 0 Å². The quantitative estimate of drug-likeness (QED) is 0.479. The first-order chi connectivity index (χ1) is 10.9. The van der Waals surface area contributed by atoms with Crippen LogP contribution in [0.15, 0.2) is 30.4 Å². The summed E-state index contributed by atoms with van der Waals surface area (Å²) in [5, 5.41) is 24.7. The van der Waals surface area contributed by atoms with Crippen molar-refractivity contribution in [3.63, 3.8) is 0 Å². The van der Waals surface area contributed by atoms with Gasteiger partial charge >= 0.3 is 0 Å². The van der Waals surface area contributed by atoms with Crippen LogP contribution < -0.4 is 10.4 Å². The first-order valence-corrected chi connectivity index (χ1v) is 6.99. The number of anilines is 1. The highest BCUT2D eigenvalue weighted by molar-refractivity contribution is 5.96. The van der Waals surface area contributed by atoms with Crippen molar-refractivity contribution in [1.82, 2.24) is 0 Å². The molecule has 4 atom stereocenters. The van der Waals surface area contributed by atoms with Gasteiger partial charge in [0.25, 0.3) is 5.69 Å². The molecule has 0 unspecified atom stereocenters. The standard InChI is InChI=1S/C15H14N2O6/c1-7-2-3-8(6-9(7)17(21)22)16-14(18)12-10-4-5-11(23-10)13(12)15(19)20/h2-6,10-13H,1H3,(H,16,18)(H,19,20)/p-1/t10-,11+,12+,13+/m1/s1. The van der Waals surface area contributed by atoms with E-state index < -0.39 is 40.8 Å². The van der Waals surface area contributed by atoms with E-state index >= 15 is 0 Å². The second kappa shape index (κ2) is 5.47. The van der Waals surface area contributed by atoms with Gasteiger partial charge in [-0.15, -0.1) is 0 Å². The van der Waals surface area contributed by atoms with Crippen LogP contribution in [-0.4, -0.2) is 29.0 Å². The van der Waals surface area contributed by atoms with Crippen molar-refractivity contribution in [2.24, 2.45) is 11.8 Å². The van der Waals surface area contributed by atoms with Crippen LogP contribution in [0.1, 0.15) is 5.56 Å². The maximum absolute atomic E-state index is 12.4. The van der Waals surface area contributed by atoms with Gasteiger partial charge in [0.1, 0.15) is 0 Å². The molecule has 2 bridgehead atoms. The number of aliphatic carboxylic acids is 1. The van der Waals surface area contributed by atoms with E-state index in [0.717, 1.165) is 0 Å². The maximum atomic E-state index is 12.4. The summed E-state index contributed by atoms with van der Waals surface area (Å²) in [5.74, 6) is -3.90. The summed E-state index contributed by atoms with van der Waals surface area (Å²) in [6, 6.07) is 4.28.